The van der Waals surface area contributed by atoms with E-state index in [2.05, 4.69) is 16.0 Å². The second-order valence-corrected chi connectivity index (χ2v) is 5.29. The lowest BCUT2D eigenvalue weighted by molar-refractivity contribution is -0.123. The number of likely N-dealkylation sites (N-methyl/N-ethyl adjacent to an activating group) is 1. The molecule has 1 unspecified atom stereocenters. The monoisotopic (exact) mass is 343 g/mol. The van der Waals surface area contributed by atoms with Gasteiger partial charge in [0.15, 0.2) is 0 Å². The fraction of sp³-hybridized carbons (Fsp3) is 0.500. The summed E-state index contributed by atoms with van der Waals surface area (Å²) in [5, 5.41) is 8.54. The molecule has 0 aromatic heterocycles. The first-order valence-corrected chi connectivity index (χ1v) is 7.37. The summed E-state index contributed by atoms with van der Waals surface area (Å²) >= 11 is 0. The van der Waals surface area contributed by atoms with Crippen molar-refractivity contribution < 1.29 is 14.3 Å². The van der Waals surface area contributed by atoms with Crippen molar-refractivity contribution in [3.8, 4) is 5.75 Å². The maximum absolute atomic E-state index is 12.4. The standard InChI is InChI=1S/C16H25N3O3.ClH/c1-11(2)14(16(21)18-10-9-17-3)19-15(20)12-7-5-6-8-13(12)22-4;/h5-8,11,14,17H,9-10H2,1-4H3,(H,18,21)(H,19,20);1H. The molecule has 0 fully saturated rings. The molecule has 0 radical (unpaired) electrons. The molecule has 1 aromatic rings. The third-order valence-electron chi connectivity index (χ3n) is 3.26. The van der Waals surface area contributed by atoms with Crippen molar-refractivity contribution in [2.45, 2.75) is 19.9 Å². The third-order valence-corrected chi connectivity index (χ3v) is 3.26. The highest BCUT2D eigenvalue weighted by molar-refractivity contribution is 5.99. The summed E-state index contributed by atoms with van der Waals surface area (Å²) in [6.45, 7) is 4.98. The minimum Gasteiger partial charge on any atom is -0.496 e. The number of carbonyl (C=O) groups excluding carboxylic acids is 2. The molecular formula is C16H26ClN3O3. The molecule has 0 aliphatic carbocycles. The topological polar surface area (TPSA) is 79.5 Å². The Labute approximate surface area is 143 Å². The molecule has 0 aliphatic rings. The Bertz CT molecular complexity index is 509. The van der Waals surface area contributed by atoms with Gasteiger partial charge in [-0.3, -0.25) is 9.59 Å². The third kappa shape index (κ3) is 6.46. The lowest BCUT2D eigenvalue weighted by Crippen LogP contribution is -2.50. The molecule has 130 valence electrons. The number of nitrogens with one attached hydrogen (secondary N) is 3. The average Bonchev–Trinajstić information content (AvgIpc) is 2.52. The zero-order valence-electron chi connectivity index (χ0n) is 14.0. The second kappa shape index (κ2) is 10.9. The van der Waals surface area contributed by atoms with Crippen molar-refractivity contribution in [1.82, 2.24) is 16.0 Å². The molecule has 0 bridgehead atoms. The number of rotatable bonds is 8. The van der Waals surface area contributed by atoms with Crippen molar-refractivity contribution in [2.24, 2.45) is 5.92 Å². The lowest BCUT2D eigenvalue weighted by Gasteiger charge is -2.22. The van der Waals surface area contributed by atoms with Gasteiger partial charge in [-0.2, -0.15) is 0 Å². The van der Waals surface area contributed by atoms with Crippen LogP contribution in [0.25, 0.3) is 0 Å². The zero-order valence-corrected chi connectivity index (χ0v) is 14.8. The Morgan fingerprint density at radius 1 is 1.17 bits per heavy atom. The maximum Gasteiger partial charge on any atom is 0.255 e. The first-order chi connectivity index (χ1) is 10.5. The van der Waals surface area contributed by atoms with Gasteiger partial charge < -0.3 is 20.7 Å². The molecule has 23 heavy (non-hydrogen) atoms. The molecule has 0 saturated carbocycles. The SMILES string of the molecule is CNCCNC(=O)C(NC(=O)c1ccccc1OC)C(C)C.Cl. The molecule has 0 aliphatic heterocycles. The molecule has 1 atom stereocenters. The van der Waals surface area contributed by atoms with Crippen molar-refractivity contribution >= 4 is 24.2 Å². The van der Waals surface area contributed by atoms with Gasteiger partial charge in [0.25, 0.3) is 5.91 Å². The molecule has 6 nitrogen and oxygen atoms in total. The van der Waals surface area contributed by atoms with Crippen LogP contribution in [0.1, 0.15) is 24.2 Å². The lowest BCUT2D eigenvalue weighted by atomic mass is 10.0. The number of hydrogen-bond acceptors (Lipinski definition) is 4. The summed E-state index contributed by atoms with van der Waals surface area (Å²) in [4.78, 5) is 24.6. The van der Waals surface area contributed by atoms with Gasteiger partial charge >= 0.3 is 0 Å². The van der Waals surface area contributed by atoms with Crippen LogP contribution in [-0.4, -0.2) is 45.1 Å². The van der Waals surface area contributed by atoms with E-state index in [9.17, 15) is 9.59 Å². The van der Waals surface area contributed by atoms with Crippen LogP contribution in [0.5, 0.6) is 5.75 Å². The van der Waals surface area contributed by atoms with Gasteiger partial charge in [-0.05, 0) is 25.1 Å². The highest BCUT2D eigenvalue weighted by atomic mass is 35.5. The van der Waals surface area contributed by atoms with Crippen LogP contribution in [-0.2, 0) is 4.79 Å². The number of para-hydroxylation sites is 1. The van der Waals surface area contributed by atoms with E-state index >= 15 is 0 Å². The molecular weight excluding hydrogens is 318 g/mol. The molecule has 3 N–H and O–H groups in total. The number of ether oxygens (including phenoxy) is 1. The smallest absolute Gasteiger partial charge is 0.255 e. The van der Waals surface area contributed by atoms with Gasteiger partial charge in [-0.25, -0.2) is 0 Å². The van der Waals surface area contributed by atoms with Gasteiger partial charge in [0, 0.05) is 13.1 Å². The zero-order chi connectivity index (χ0) is 16.5. The number of halogens is 1. The summed E-state index contributed by atoms with van der Waals surface area (Å²) in [7, 11) is 3.33. The van der Waals surface area contributed by atoms with Crippen LogP contribution < -0.4 is 20.7 Å². The van der Waals surface area contributed by atoms with Crippen LogP contribution in [0.4, 0.5) is 0 Å². The Balaban J connectivity index is 0.00000484. The van der Waals surface area contributed by atoms with E-state index < -0.39 is 6.04 Å². The Morgan fingerprint density at radius 3 is 2.39 bits per heavy atom. The molecule has 0 heterocycles. The Kier molecular flexibility index (Phi) is 10.0. The van der Waals surface area contributed by atoms with E-state index in [1.54, 1.807) is 24.3 Å². The van der Waals surface area contributed by atoms with E-state index in [-0.39, 0.29) is 30.1 Å². The number of hydrogen-bond donors (Lipinski definition) is 3. The van der Waals surface area contributed by atoms with Crippen LogP contribution in [0, 0.1) is 5.92 Å². The first-order valence-electron chi connectivity index (χ1n) is 7.37. The van der Waals surface area contributed by atoms with Crippen LogP contribution >= 0.6 is 12.4 Å². The van der Waals surface area contributed by atoms with Crippen LogP contribution in [0.2, 0.25) is 0 Å². The van der Waals surface area contributed by atoms with Gasteiger partial charge in [0.2, 0.25) is 5.91 Å². The predicted molar refractivity (Wildman–Crippen MR) is 93.3 cm³/mol. The fourth-order valence-electron chi connectivity index (χ4n) is 2.01. The highest BCUT2D eigenvalue weighted by Gasteiger charge is 2.25. The molecule has 0 saturated heterocycles. The Hall–Kier alpha value is -1.79. The first kappa shape index (κ1) is 21.2. The molecule has 1 rings (SSSR count). The van der Waals surface area contributed by atoms with Gasteiger partial charge in [-0.15, -0.1) is 12.4 Å². The fourth-order valence-corrected chi connectivity index (χ4v) is 2.01. The summed E-state index contributed by atoms with van der Waals surface area (Å²) in [6.07, 6.45) is 0. The average molecular weight is 344 g/mol. The molecule has 7 heteroatoms. The minimum absolute atomic E-state index is 0. The number of methoxy groups -OCH3 is 1. The predicted octanol–water partition coefficient (Wildman–Crippen LogP) is 1.21. The van der Waals surface area contributed by atoms with Gasteiger partial charge in [-0.1, -0.05) is 26.0 Å². The van der Waals surface area contributed by atoms with E-state index in [4.69, 9.17) is 4.74 Å². The number of carbonyl (C=O) groups is 2. The number of amides is 2. The van der Waals surface area contributed by atoms with E-state index in [1.165, 1.54) is 7.11 Å². The minimum atomic E-state index is -0.589. The summed E-state index contributed by atoms with van der Waals surface area (Å²) in [6, 6.07) is 6.35. The van der Waals surface area contributed by atoms with E-state index in [1.807, 2.05) is 20.9 Å². The van der Waals surface area contributed by atoms with Crippen LogP contribution in [0.3, 0.4) is 0 Å². The number of benzene rings is 1. The molecule has 0 spiro atoms. The van der Waals surface area contributed by atoms with Crippen molar-refractivity contribution in [1.29, 1.82) is 0 Å². The van der Waals surface area contributed by atoms with Gasteiger partial charge in [0.05, 0.1) is 12.7 Å². The van der Waals surface area contributed by atoms with Gasteiger partial charge in [0.1, 0.15) is 11.8 Å². The normalized spacial score (nSPS) is 11.3. The quantitative estimate of drug-likeness (QED) is 0.620. The summed E-state index contributed by atoms with van der Waals surface area (Å²) < 4.78 is 5.18. The van der Waals surface area contributed by atoms with Crippen LogP contribution in [0.15, 0.2) is 24.3 Å². The highest BCUT2D eigenvalue weighted by Crippen LogP contribution is 2.17. The van der Waals surface area contributed by atoms with E-state index in [0.717, 1.165) is 0 Å². The van der Waals surface area contributed by atoms with Crippen molar-refractivity contribution in [3.63, 3.8) is 0 Å². The Morgan fingerprint density at radius 2 is 1.83 bits per heavy atom. The largest absolute Gasteiger partial charge is 0.496 e. The van der Waals surface area contributed by atoms with E-state index in [0.29, 0.717) is 24.4 Å². The molecule has 2 amide bonds. The summed E-state index contributed by atoms with van der Waals surface area (Å²) in [5.74, 6) is -0.0419. The van der Waals surface area contributed by atoms with Crippen molar-refractivity contribution in [3.05, 3.63) is 29.8 Å². The van der Waals surface area contributed by atoms with Crippen molar-refractivity contribution in [2.75, 3.05) is 27.2 Å². The summed E-state index contributed by atoms with van der Waals surface area (Å²) in [5.41, 5.74) is 0.415. The maximum atomic E-state index is 12.4. The molecule has 1 aromatic carbocycles. The second-order valence-electron chi connectivity index (χ2n) is 5.29.